The number of halogens is 2. The van der Waals surface area contributed by atoms with E-state index in [1.54, 1.807) is 11.0 Å². The lowest BCUT2D eigenvalue weighted by atomic mass is 9.93. The standard InChI is InChI=1S/C15H19F2N3O/c1-10-11(2)19-12(18-10)3-4-13(21)20-7-5-14(6-8-20)9-15(14,16)17/h3-4H,5-9H2,1-2H3,(H,18,19)/b4-3+. The molecule has 1 amide bonds. The van der Waals surface area contributed by atoms with Crippen LogP contribution < -0.4 is 0 Å². The maximum atomic E-state index is 13.3. The minimum Gasteiger partial charge on any atom is -0.342 e. The first-order chi connectivity index (χ1) is 9.83. The summed E-state index contributed by atoms with van der Waals surface area (Å²) in [5.74, 6) is -2.01. The number of nitrogens with zero attached hydrogens (tertiary/aromatic N) is 2. The Hall–Kier alpha value is -1.72. The zero-order chi connectivity index (χ0) is 15.3. The molecule has 0 aromatic carbocycles. The second kappa shape index (κ2) is 4.64. The number of carbonyl (C=O) groups is 1. The average molecular weight is 295 g/mol. The van der Waals surface area contributed by atoms with Crippen LogP contribution in [0.25, 0.3) is 6.08 Å². The number of piperidine rings is 1. The molecule has 1 aromatic heterocycles. The highest BCUT2D eigenvalue weighted by Gasteiger charge is 2.70. The molecule has 1 aromatic rings. The van der Waals surface area contributed by atoms with Gasteiger partial charge in [-0.05, 0) is 32.8 Å². The van der Waals surface area contributed by atoms with E-state index in [-0.39, 0.29) is 12.3 Å². The molecular weight excluding hydrogens is 276 g/mol. The zero-order valence-electron chi connectivity index (χ0n) is 12.2. The van der Waals surface area contributed by atoms with Crippen molar-refractivity contribution < 1.29 is 13.6 Å². The molecule has 0 atom stereocenters. The lowest BCUT2D eigenvalue weighted by Crippen LogP contribution is -2.39. The fraction of sp³-hybridized carbons (Fsp3) is 0.600. The van der Waals surface area contributed by atoms with Crippen molar-refractivity contribution in [3.8, 4) is 0 Å². The summed E-state index contributed by atoms with van der Waals surface area (Å²) in [5.41, 5.74) is 1.05. The number of hydrogen-bond acceptors (Lipinski definition) is 2. The average Bonchev–Trinajstić information content (AvgIpc) is 2.78. The molecule has 21 heavy (non-hydrogen) atoms. The van der Waals surface area contributed by atoms with Gasteiger partial charge in [0, 0.05) is 36.7 Å². The highest BCUT2D eigenvalue weighted by Crippen LogP contribution is 2.65. The Morgan fingerprint density at radius 2 is 1.95 bits per heavy atom. The van der Waals surface area contributed by atoms with E-state index in [0.29, 0.717) is 31.8 Å². The number of hydrogen-bond donors (Lipinski definition) is 1. The van der Waals surface area contributed by atoms with Crippen LogP contribution in [-0.2, 0) is 4.79 Å². The lowest BCUT2D eigenvalue weighted by molar-refractivity contribution is -0.128. The first-order valence-electron chi connectivity index (χ1n) is 7.21. The van der Waals surface area contributed by atoms with E-state index < -0.39 is 11.3 Å². The molecule has 2 fully saturated rings. The fourth-order valence-corrected chi connectivity index (χ4v) is 2.99. The third-order valence-electron chi connectivity index (χ3n) is 4.77. The Kier molecular flexibility index (Phi) is 3.15. The summed E-state index contributed by atoms with van der Waals surface area (Å²) < 4.78 is 26.6. The van der Waals surface area contributed by atoms with E-state index >= 15 is 0 Å². The molecule has 0 radical (unpaired) electrons. The minimum absolute atomic E-state index is 0.0111. The van der Waals surface area contributed by atoms with Crippen LogP contribution >= 0.6 is 0 Å². The number of carbonyl (C=O) groups excluding carboxylic acids is 1. The summed E-state index contributed by atoms with van der Waals surface area (Å²) >= 11 is 0. The summed E-state index contributed by atoms with van der Waals surface area (Å²) in [7, 11) is 0. The summed E-state index contributed by atoms with van der Waals surface area (Å²) in [6.45, 7) is 4.64. The van der Waals surface area contributed by atoms with Crippen molar-refractivity contribution in [2.75, 3.05) is 13.1 Å². The number of H-pyrrole nitrogens is 1. The smallest absolute Gasteiger partial charge is 0.254 e. The molecular formula is C15H19F2N3O. The summed E-state index contributed by atoms with van der Waals surface area (Å²) in [6, 6.07) is 0. The van der Waals surface area contributed by atoms with Crippen LogP contribution in [0, 0.1) is 19.3 Å². The second-order valence-electron chi connectivity index (χ2n) is 6.15. The van der Waals surface area contributed by atoms with Crippen LogP contribution in [0.15, 0.2) is 6.08 Å². The van der Waals surface area contributed by atoms with Crippen LogP contribution in [-0.4, -0.2) is 39.8 Å². The number of amides is 1. The number of likely N-dealkylation sites (tertiary alicyclic amines) is 1. The van der Waals surface area contributed by atoms with Crippen LogP contribution in [0.5, 0.6) is 0 Å². The number of aromatic amines is 1. The van der Waals surface area contributed by atoms with Gasteiger partial charge < -0.3 is 9.88 Å². The predicted molar refractivity (Wildman–Crippen MR) is 74.9 cm³/mol. The van der Waals surface area contributed by atoms with Gasteiger partial charge in [0.2, 0.25) is 5.91 Å². The van der Waals surface area contributed by atoms with Gasteiger partial charge in [-0.25, -0.2) is 13.8 Å². The zero-order valence-corrected chi connectivity index (χ0v) is 12.2. The van der Waals surface area contributed by atoms with E-state index in [0.717, 1.165) is 11.4 Å². The molecule has 1 N–H and O–H groups in total. The predicted octanol–water partition coefficient (Wildman–Crippen LogP) is 2.69. The molecule has 2 aliphatic rings. The number of alkyl halides is 2. The van der Waals surface area contributed by atoms with Crippen LogP contribution in [0.4, 0.5) is 8.78 Å². The molecule has 2 heterocycles. The van der Waals surface area contributed by atoms with Gasteiger partial charge in [-0.15, -0.1) is 0 Å². The highest BCUT2D eigenvalue weighted by atomic mass is 19.3. The molecule has 1 saturated heterocycles. The van der Waals surface area contributed by atoms with Crippen molar-refractivity contribution in [3.05, 3.63) is 23.3 Å². The molecule has 0 unspecified atom stereocenters. The molecule has 1 aliphatic heterocycles. The minimum atomic E-state index is -2.51. The third kappa shape index (κ3) is 2.47. The normalized spacial score (nSPS) is 23.0. The number of imidazole rings is 1. The fourth-order valence-electron chi connectivity index (χ4n) is 2.99. The van der Waals surface area contributed by atoms with Crippen LogP contribution in [0.2, 0.25) is 0 Å². The van der Waals surface area contributed by atoms with Gasteiger partial charge in [0.15, 0.2) is 0 Å². The summed E-state index contributed by atoms with van der Waals surface area (Å²) in [4.78, 5) is 21.0. The van der Waals surface area contributed by atoms with Gasteiger partial charge in [0.05, 0.1) is 5.69 Å². The molecule has 4 nitrogen and oxygen atoms in total. The molecule has 6 heteroatoms. The molecule has 1 saturated carbocycles. The number of rotatable bonds is 2. The van der Waals surface area contributed by atoms with E-state index in [2.05, 4.69) is 9.97 Å². The molecule has 114 valence electrons. The Morgan fingerprint density at radius 3 is 2.43 bits per heavy atom. The van der Waals surface area contributed by atoms with Crippen molar-refractivity contribution >= 4 is 12.0 Å². The Labute approximate surface area is 122 Å². The largest absolute Gasteiger partial charge is 0.342 e. The monoisotopic (exact) mass is 295 g/mol. The Balaban J connectivity index is 1.57. The van der Waals surface area contributed by atoms with Gasteiger partial charge in [-0.3, -0.25) is 4.79 Å². The second-order valence-corrected chi connectivity index (χ2v) is 6.15. The van der Waals surface area contributed by atoms with Gasteiger partial charge >= 0.3 is 0 Å². The highest BCUT2D eigenvalue weighted by molar-refractivity contribution is 5.91. The quantitative estimate of drug-likeness (QED) is 0.853. The van der Waals surface area contributed by atoms with Gasteiger partial charge in [0.1, 0.15) is 5.82 Å². The lowest BCUT2D eigenvalue weighted by Gasteiger charge is -2.31. The summed E-state index contributed by atoms with van der Waals surface area (Å²) in [6.07, 6.45) is 3.89. The van der Waals surface area contributed by atoms with E-state index in [1.165, 1.54) is 6.08 Å². The topological polar surface area (TPSA) is 49.0 Å². The van der Waals surface area contributed by atoms with Gasteiger partial charge in [-0.2, -0.15) is 0 Å². The van der Waals surface area contributed by atoms with Crippen molar-refractivity contribution in [1.82, 2.24) is 14.9 Å². The summed E-state index contributed by atoms with van der Waals surface area (Å²) in [5, 5.41) is 0. The number of aromatic nitrogens is 2. The number of aryl methyl sites for hydroxylation is 2. The van der Waals surface area contributed by atoms with Gasteiger partial charge in [-0.1, -0.05) is 0 Å². The van der Waals surface area contributed by atoms with Gasteiger partial charge in [0.25, 0.3) is 5.92 Å². The first-order valence-corrected chi connectivity index (χ1v) is 7.21. The molecule has 1 spiro atoms. The SMILES string of the molecule is Cc1nc(/C=C/C(=O)N2CCC3(CC2)CC3(F)F)[nH]c1C. The van der Waals surface area contributed by atoms with E-state index in [1.807, 2.05) is 13.8 Å². The van der Waals surface area contributed by atoms with E-state index in [9.17, 15) is 13.6 Å². The van der Waals surface area contributed by atoms with Crippen molar-refractivity contribution in [1.29, 1.82) is 0 Å². The van der Waals surface area contributed by atoms with Crippen LogP contribution in [0.1, 0.15) is 36.5 Å². The maximum Gasteiger partial charge on any atom is 0.254 e. The van der Waals surface area contributed by atoms with Crippen molar-refractivity contribution in [3.63, 3.8) is 0 Å². The van der Waals surface area contributed by atoms with E-state index in [4.69, 9.17) is 0 Å². The molecule has 0 bridgehead atoms. The molecule has 3 rings (SSSR count). The molecule has 1 aliphatic carbocycles. The Morgan fingerprint density at radius 1 is 1.33 bits per heavy atom. The van der Waals surface area contributed by atoms with Crippen LogP contribution in [0.3, 0.4) is 0 Å². The Bertz CT molecular complexity index is 579. The van der Waals surface area contributed by atoms with Crippen molar-refractivity contribution in [2.24, 2.45) is 5.41 Å². The first kappa shape index (κ1) is 14.2. The maximum absolute atomic E-state index is 13.3. The third-order valence-corrected chi connectivity index (χ3v) is 4.77. The van der Waals surface area contributed by atoms with Crippen molar-refractivity contribution in [2.45, 2.75) is 39.0 Å². The number of nitrogens with one attached hydrogen (secondary N) is 1.